The van der Waals surface area contributed by atoms with Gasteiger partial charge in [-0.3, -0.25) is 4.79 Å². The van der Waals surface area contributed by atoms with Crippen LogP contribution in [-0.2, 0) is 0 Å². The van der Waals surface area contributed by atoms with E-state index in [2.05, 4.69) is 26.5 Å². The second-order valence-electron chi connectivity index (χ2n) is 7.25. The Balaban J connectivity index is 1.59. The van der Waals surface area contributed by atoms with Crippen molar-refractivity contribution < 1.29 is 19.1 Å². The number of benzene rings is 4. The number of hydrogen-bond donors (Lipinski definition) is 1. The third-order valence-corrected chi connectivity index (χ3v) is 5.47. The van der Waals surface area contributed by atoms with Crippen LogP contribution in [0.3, 0.4) is 0 Å². The molecule has 6 nitrogen and oxygen atoms in total. The third-order valence-electron chi connectivity index (χ3n) is 4.98. The van der Waals surface area contributed by atoms with Crippen LogP contribution in [-0.4, -0.2) is 24.7 Å². The van der Waals surface area contributed by atoms with Crippen LogP contribution in [0.1, 0.15) is 33.2 Å². The summed E-state index contributed by atoms with van der Waals surface area (Å²) in [5.74, 6) is 0.147. The summed E-state index contributed by atoms with van der Waals surface area (Å²) in [7, 11) is 0. The van der Waals surface area contributed by atoms with Crippen molar-refractivity contribution in [2.75, 3.05) is 6.61 Å². The number of hydrazone groups is 1. The minimum atomic E-state index is -0.508. The highest BCUT2D eigenvalue weighted by Gasteiger charge is 2.14. The molecule has 0 fully saturated rings. The third kappa shape index (κ3) is 5.50. The van der Waals surface area contributed by atoms with E-state index in [1.54, 1.807) is 48.5 Å². The number of nitrogens with zero attached hydrogens (tertiary/aromatic N) is 1. The highest BCUT2D eigenvalue weighted by atomic mass is 79.9. The Morgan fingerprint density at radius 2 is 1.74 bits per heavy atom. The summed E-state index contributed by atoms with van der Waals surface area (Å²) in [5, 5.41) is 5.90. The fourth-order valence-corrected chi connectivity index (χ4v) is 3.76. The van der Waals surface area contributed by atoms with Gasteiger partial charge >= 0.3 is 5.97 Å². The summed E-state index contributed by atoms with van der Waals surface area (Å²) in [6.07, 6.45) is 1.49. The molecule has 4 aromatic carbocycles. The molecule has 0 heterocycles. The summed E-state index contributed by atoms with van der Waals surface area (Å²) in [6.45, 7) is 2.44. The number of amides is 1. The van der Waals surface area contributed by atoms with Gasteiger partial charge in [-0.25, -0.2) is 10.2 Å². The van der Waals surface area contributed by atoms with E-state index in [4.69, 9.17) is 9.47 Å². The fraction of sp³-hybridized carbons (Fsp3) is 0.0741. The van der Waals surface area contributed by atoms with Gasteiger partial charge in [0.15, 0.2) is 0 Å². The Morgan fingerprint density at radius 3 is 2.50 bits per heavy atom. The quantitative estimate of drug-likeness (QED) is 0.142. The molecule has 0 aliphatic carbocycles. The second-order valence-corrected chi connectivity index (χ2v) is 8.17. The Bertz CT molecular complexity index is 1370. The summed E-state index contributed by atoms with van der Waals surface area (Å²) < 4.78 is 11.9. The first kappa shape index (κ1) is 23.2. The number of carbonyl (C=O) groups is 2. The number of carbonyl (C=O) groups excluding carboxylic acids is 2. The summed E-state index contributed by atoms with van der Waals surface area (Å²) in [5.41, 5.74) is 3.96. The first-order valence-corrected chi connectivity index (χ1v) is 11.4. The van der Waals surface area contributed by atoms with E-state index in [0.29, 0.717) is 34.8 Å². The van der Waals surface area contributed by atoms with E-state index < -0.39 is 5.97 Å². The van der Waals surface area contributed by atoms with Gasteiger partial charge in [0.2, 0.25) is 0 Å². The Labute approximate surface area is 205 Å². The number of rotatable bonds is 7. The Hall–Kier alpha value is -3.97. The maximum Gasteiger partial charge on any atom is 0.343 e. The molecule has 0 aromatic heterocycles. The van der Waals surface area contributed by atoms with Crippen molar-refractivity contribution in [2.45, 2.75) is 6.92 Å². The van der Waals surface area contributed by atoms with Crippen LogP contribution in [0.2, 0.25) is 0 Å². The van der Waals surface area contributed by atoms with Crippen LogP contribution in [0.25, 0.3) is 10.8 Å². The molecule has 1 amide bonds. The maximum atomic E-state index is 12.8. The SMILES string of the molecule is CCOc1ccc(C(=O)Oc2ccc3ccccc3c2/C=N\NC(=O)c2cccc(Br)c2)cc1. The lowest BCUT2D eigenvalue weighted by molar-refractivity contribution is 0.0734. The van der Waals surface area contributed by atoms with Crippen LogP contribution in [0.15, 0.2) is 94.5 Å². The molecule has 0 saturated carbocycles. The number of fused-ring (bicyclic) bond motifs is 1. The molecule has 34 heavy (non-hydrogen) atoms. The molecule has 7 heteroatoms. The van der Waals surface area contributed by atoms with Gasteiger partial charge in [0.1, 0.15) is 11.5 Å². The molecule has 0 bridgehead atoms. The molecule has 4 aromatic rings. The van der Waals surface area contributed by atoms with Crippen molar-refractivity contribution in [3.05, 3.63) is 106 Å². The largest absolute Gasteiger partial charge is 0.494 e. The van der Waals surface area contributed by atoms with Crippen LogP contribution in [0.4, 0.5) is 0 Å². The predicted octanol–water partition coefficient (Wildman–Crippen LogP) is 5.98. The number of esters is 1. The number of hydrogen-bond acceptors (Lipinski definition) is 5. The molecular weight excluding hydrogens is 496 g/mol. The van der Waals surface area contributed by atoms with Gasteiger partial charge in [0.25, 0.3) is 5.91 Å². The minimum Gasteiger partial charge on any atom is -0.494 e. The Kier molecular flexibility index (Phi) is 7.34. The first-order valence-electron chi connectivity index (χ1n) is 10.6. The molecule has 1 N–H and O–H groups in total. The van der Waals surface area contributed by atoms with Gasteiger partial charge in [0, 0.05) is 15.6 Å². The summed E-state index contributed by atoms with van der Waals surface area (Å²) >= 11 is 3.35. The highest BCUT2D eigenvalue weighted by molar-refractivity contribution is 9.10. The smallest absolute Gasteiger partial charge is 0.343 e. The van der Waals surface area contributed by atoms with E-state index >= 15 is 0 Å². The normalized spacial score (nSPS) is 10.9. The monoisotopic (exact) mass is 516 g/mol. The van der Waals surface area contributed by atoms with Crippen molar-refractivity contribution in [1.29, 1.82) is 0 Å². The van der Waals surface area contributed by atoms with E-state index in [1.165, 1.54) is 6.21 Å². The molecule has 0 radical (unpaired) electrons. The summed E-state index contributed by atoms with van der Waals surface area (Å²) in [6, 6.07) is 25.0. The zero-order valence-corrected chi connectivity index (χ0v) is 19.9. The van der Waals surface area contributed by atoms with Gasteiger partial charge in [-0.15, -0.1) is 0 Å². The second kappa shape index (κ2) is 10.8. The zero-order valence-electron chi connectivity index (χ0n) is 18.3. The van der Waals surface area contributed by atoms with Crippen molar-refractivity contribution in [3.63, 3.8) is 0 Å². The highest BCUT2D eigenvalue weighted by Crippen LogP contribution is 2.27. The predicted molar refractivity (Wildman–Crippen MR) is 136 cm³/mol. The molecule has 0 spiro atoms. The van der Waals surface area contributed by atoms with Crippen LogP contribution < -0.4 is 14.9 Å². The average molecular weight is 517 g/mol. The molecule has 0 unspecified atom stereocenters. The van der Waals surface area contributed by atoms with Crippen molar-refractivity contribution >= 4 is 44.8 Å². The van der Waals surface area contributed by atoms with Crippen LogP contribution in [0.5, 0.6) is 11.5 Å². The fourth-order valence-electron chi connectivity index (χ4n) is 3.36. The van der Waals surface area contributed by atoms with E-state index in [0.717, 1.165) is 15.2 Å². The van der Waals surface area contributed by atoms with Crippen molar-refractivity contribution in [3.8, 4) is 11.5 Å². The van der Waals surface area contributed by atoms with Gasteiger partial charge in [-0.05, 0) is 66.2 Å². The van der Waals surface area contributed by atoms with Crippen molar-refractivity contribution in [1.82, 2.24) is 5.43 Å². The minimum absolute atomic E-state index is 0.332. The van der Waals surface area contributed by atoms with Crippen LogP contribution in [0, 0.1) is 0 Å². The lowest BCUT2D eigenvalue weighted by Crippen LogP contribution is -2.17. The zero-order chi connectivity index (χ0) is 23.9. The molecule has 0 aliphatic rings. The maximum absolute atomic E-state index is 12.8. The molecule has 170 valence electrons. The van der Waals surface area contributed by atoms with Gasteiger partial charge in [0.05, 0.1) is 18.4 Å². The number of nitrogens with one attached hydrogen (secondary N) is 1. The number of ether oxygens (including phenoxy) is 2. The topological polar surface area (TPSA) is 77.0 Å². The lowest BCUT2D eigenvalue weighted by atomic mass is 10.0. The molecule has 0 aliphatic heterocycles. The molecule has 0 atom stereocenters. The van der Waals surface area contributed by atoms with Gasteiger partial charge in [-0.1, -0.05) is 52.3 Å². The first-order chi connectivity index (χ1) is 16.5. The van der Waals surface area contributed by atoms with E-state index in [1.807, 2.05) is 43.3 Å². The van der Waals surface area contributed by atoms with Crippen molar-refractivity contribution in [2.24, 2.45) is 5.10 Å². The van der Waals surface area contributed by atoms with Gasteiger partial charge in [-0.2, -0.15) is 5.10 Å². The molecule has 4 rings (SSSR count). The average Bonchev–Trinajstić information content (AvgIpc) is 2.85. The summed E-state index contributed by atoms with van der Waals surface area (Å²) in [4.78, 5) is 25.2. The van der Waals surface area contributed by atoms with Crippen LogP contribution >= 0.6 is 15.9 Å². The van der Waals surface area contributed by atoms with E-state index in [-0.39, 0.29) is 5.91 Å². The lowest BCUT2D eigenvalue weighted by Gasteiger charge is -2.11. The Morgan fingerprint density at radius 1 is 0.941 bits per heavy atom. The molecular formula is C27H21BrN2O4. The van der Waals surface area contributed by atoms with E-state index in [9.17, 15) is 9.59 Å². The standard InChI is InChI=1S/C27H21BrN2O4/c1-2-33-22-13-10-19(11-14-22)27(32)34-25-15-12-18-6-3-4-9-23(18)24(25)17-29-30-26(31)20-7-5-8-21(28)16-20/h3-17H,2H2,1H3,(H,30,31)/b29-17-. The number of halogens is 1. The molecule has 0 saturated heterocycles. The van der Waals surface area contributed by atoms with Gasteiger partial charge < -0.3 is 9.47 Å².